The van der Waals surface area contributed by atoms with E-state index >= 15 is 0 Å². The Hall–Kier alpha value is -4.17. The summed E-state index contributed by atoms with van der Waals surface area (Å²) in [6, 6.07) is 18.3. The highest BCUT2D eigenvalue weighted by molar-refractivity contribution is 6.21. The number of hydrogen-bond acceptors (Lipinski definition) is 6. The number of para-hydroxylation sites is 1. The van der Waals surface area contributed by atoms with Gasteiger partial charge in [0.25, 0.3) is 5.91 Å². The fourth-order valence-electron chi connectivity index (χ4n) is 7.92. The molecule has 5 aliphatic heterocycles. The molecule has 2 N–H and O–H groups in total. The third-order valence-corrected chi connectivity index (χ3v) is 9.19. The highest BCUT2D eigenvalue weighted by Gasteiger charge is 2.81. The third-order valence-electron chi connectivity index (χ3n) is 9.19. The summed E-state index contributed by atoms with van der Waals surface area (Å²) < 4.78 is 11.0. The topological polar surface area (TPSA) is 97.0 Å². The van der Waals surface area contributed by atoms with Crippen LogP contribution in [0.1, 0.15) is 39.9 Å². The summed E-state index contributed by atoms with van der Waals surface area (Å²) in [5.41, 5.74) is 1.43. The minimum absolute atomic E-state index is 0.103. The van der Waals surface area contributed by atoms with Gasteiger partial charge in [0.1, 0.15) is 11.0 Å². The van der Waals surface area contributed by atoms with Gasteiger partial charge in [-0.3, -0.25) is 19.3 Å². The maximum absolute atomic E-state index is 14.7. The third kappa shape index (κ3) is 2.33. The van der Waals surface area contributed by atoms with Crippen LogP contribution >= 0.6 is 0 Å². The molecule has 0 bridgehead atoms. The van der Waals surface area contributed by atoms with Crippen molar-refractivity contribution in [2.24, 2.45) is 5.92 Å². The summed E-state index contributed by atoms with van der Waals surface area (Å²) in [6.45, 7) is 2.71. The van der Waals surface area contributed by atoms with Gasteiger partial charge in [-0.05, 0) is 62.2 Å². The molecular formula is C30H25N3O5. The Morgan fingerprint density at radius 2 is 1.71 bits per heavy atom. The molecular weight excluding hydrogens is 482 g/mol. The van der Waals surface area contributed by atoms with Crippen molar-refractivity contribution in [2.75, 3.05) is 24.0 Å². The van der Waals surface area contributed by atoms with Crippen molar-refractivity contribution in [3.63, 3.8) is 0 Å². The van der Waals surface area contributed by atoms with Crippen LogP contribution in [-0.2, 0) is 20.5 Å². The van der Waals surface area contributed by atoms with Gasteiger partial charge in [0.05, 0.1) is 5.92 Å². The molecule has 0 saturated carbocycles. The Morgan fingerprint density at radius 3 is 2.61 bits per heavy atom. The number of rotatable bonds is 2. The zero-order chi connectivity index (χ0) is 25.8. The minimum Gasteiger partial charge on any atom is -0.454 e. The first-order valence-electron chi connectivity index (χ1n) is 13.0. The maximum Gasteiger partial charge on any atom is 0.251 e. The van der Waals surface area contributed by atoms with E-state index in [0.29, 0.717) is 47.0 Å². The average Bonchev–Trinajstić information content (AvgIpc) is 3.71. The Labute approximate surface area is 218 Å². The van der Waals surface area contributed by atoms with E-state index in [1.807, 2.05) is 49.4 Å². The van der Waals surface area contributed by atoms with Crippen LogP contribution in [-0.4, -0.2) is 41.9 Å². The Kier molecular flexibility index (Phi) is 4.16. The summed E-state index contributed by atoms with van der Waals surface area (Å²) >= 11 is 0. The van der Waals surface area contributed by atoms with Crippen molar-refractivity contribution < 1.29 is 23.9 Å². The highest BCUT2D eigenvalue weighted by Crippen LogP contribution is 2.68. The number of aryl methyl sites for hydroxylation is 1. The van der Waals surface area contributed by atoms with Crippen LogP contribution in [0, 0.1) is 12.8 Å². The first-order valence-corrected chi connectivity index (χ1v) is 13.0. The quantitative estimate of drug-likeness (QED) is 0.513. The second kappa shape index (κ2) is 7.23. The molecule has 0 aromatic heterocycles. The Balaban J connectivity index is 1.45. The maximum atomic E-state index is 14.7. The molecule has 8 nitrogen and oxygen atoms in total. The molecule has 8 heteroatoms. The zero-order valence-electron chi connectivity index (χ0n) is 20.7. The standard InChI is InChI=1S/C30H25N3O5/c1-16-8-10-21-19(13-16)30(28(36)32-21)29(18-5-2-3-6-20(18)31-27(29)35)25(22-7-4-12-33(22)30)26(34)17-9-11-23-24(14-17)38-15-37-23/h2-3,5-6,8-11,13-14,22,25H,4,7,12,15H2,1H3,(H,31,35)(H,32,36)/t22-,25+,29+,30-/m1/s1. The van der Waals surface area contributed by atoms with Gasteiger partial charge in [0.2, 0.25) is 12.7 Å². The number of anilines is 2. The second-order valence-corrected chi connectivity index (χ2v) is 10.8. The van der Waals surface area contributed by atoms with Gasteiger partial charge in [0, 0.05) is 28.5 Å². The number of hydrogen-bond donors (Lipinski definition) is 2. The van der Waals surface area contributed by atoms with Gasteiger partial charge in [-0.15, -0.1) is 0 Å². The number of fused-ring (bicyclic) bond motifs is 8. The largest absolute Gasteiger partial charge is 0.454 e. The molecule has 3 aromatic rings. The lowest BCUT2D eigenvalue weighted by Gasteiger charge is -2.43. The molecule has 5 heterocycles. The van der Waals surface area contributed by atoms with Crippen molar-refractivity contribution in [2.45, 2.75) is 36.8 Å². The molecule has 2 saturated heterocycles. The normalized spacial score (nSPS) is 29.9. The fourth-order valence-corrected chi connectivity index (χ4v) is 7.92. The number of amides is 2. The van der Waals surface area contributed by atoms with Crippen LogP contribution in [0.3, 0.4) is 0 Å². The summed E-state index contributed by atoms with van der Waals surface area (Å²) in [5, 5.41) is 6.17. The molecule has 2 amide bonds. The van der Waals surface area contributed by atoms with E-state index in [1.165, 1.54) is 0 Å². The summed E-state index contributed by atoms with van der Waals surface area (Å²) in [4.78, 5) is 45.8. The van der Waals surface area contributed by atoms with Gasteiger partial charge >= 0.3 is 0 Å². The van der Waals surface area contributed by atoms with Crippen LogP contribution in [0.2, 0.25) is 0 Å². The van der Waals surface area contributed by atoms with E-state index in [9.17, 15) is 14.4 Å². The molecule has 0 aliphatic carbocycles. The van der Waals surface area contributed by atoms with Crippen LogP contribution in [0.4, 0.5) is 11.4 Å². The van der Waals surface area contributed by atoms with Crippen LogP contribution in [0.5, 0.6) is 11.5 Å². The zero-order valence-corrected chi connectivity index (χ0v) is 20.7. The molecule has 38 heavy (non-hydrogen) atoms. The van der Waals surface area contributed by atoms with Gasteiger partial charge in [-0.1, -0.05) is 35.9 Å². The van der Waals surface area contributed by atoms with Crippen molar-refractivity contribution in [3.8, 4) is 11.5 Å². The highest BCUT2D eigenvalue weighted by atomic mass is 16.7. The van der Waals surface area contributed by atoms with E-state index in [1.54, 1.807) is 18.2 Å². The monoisotopic (exact) mass is 507 g/mol. The fraction of sp³-hybridized carbons (Fsp3) is 0.300. The Bertz CT molecular complexity index is 1600. The smallest absolute Gasteiger partial charge is 0.251 e. The van der Waals surface area contributed by atoms with Crippen molar-refractivity contribution in [1.82, 2.24) is 4.90 Å². The molecule has 8 rings (SSSR count). The lowest BCUT2D eigenvalue weighted by molar-refractivity contribution is -0.137. The lowest BCUT2D eigenvalue weighted by atomic mass is 9.57. The number of nitrogens with zero attached hydrogens (tertiary/aromatic N) is 1. The number of ether oxygens (including phenoxy) is 2. The molecule has 0 unspecified atom stereocenters. The molecule has 190 valence electrons. The summed E-state index contributed by atoms with van der Waals surface area (Å²) in [6.07, 6.45) is 1.56. The number of nitrogens with one attached hydrogen (secondary N) is 2. The van der Waals surface area contributed by atoms with Crippen LogP contribution in [0.15, 0.2) is 60.7 Å². The van der Waals surface area contributed by atoms with Gasteiger partial charge in [0.15, 0.2) is 17.3 Å². The molecule has 3 aromatic carbocycles. The van der Waals surface area contributed by atoms with Crippen molar-refractivity contribution in [1.29, 1.82) is 0 Å². The van der Waals surface area contributed by atoms with Crippen LogP contribution < -0.4 is 20.1 Å². The van der Waals surface area contributed by atoms with Crippen molar-refractivity contribution in [3.05, 3.63) is 82.9 Å². The van der Waals surface area contributed by atoms with Gasteiger partial charge in [-0.25, -0.2) is 0 Å². The first kappa shape index (κ1) is 21.9. The van der Waals surface area contributed by atoms with Crippen LogP contribution in [0.25, 0.3) is 0 Å². The van der Waals surface area contributed by atoms with E-state index in [0.717, 1.165) is 17.5 Å². The van der Waals surface area contributed by atoms with E-state index in [2.05, 4.69) is 15.5 Å². The average molecular weight is 508 g/mol. The van der Waals surface area contributed by atoms with E-state index in [4.69, 9.17) is 9.47 Å². The van der Waals surface area contributed by atoms with E-state index in [-0.39, 0.29) is 30.4 Å². The number of carbonyl (C=O) groups is 3. The number of Topliss-reactive ketones (excluding diaryl/α,β-unsaturated/α-hetero) is 1. The molecule has 5 aliphatic rings. The summed E-state index contributed by atoms with van der Waals surface area (Å²) in [5.74, 6) is -0.416. The predicted molar refractivity (Wildman–Crippen MR) is 138 cm³/mol. The second-order valence-electron chi connectivity index (χ2n) is 10.8. The number of ketones is 1. The molecule has 0 radical (unpaired) electrons. The van der Waals surface area contributed by atoms with E-state index < -0.39 is 16.9 Å². The van der Waals surface area contributed by atoms with Gasteiger partial charge in [-0.2, -0.15) is 0 Å². The molecule has 4 atom stereocenters. The number of benzene rings is 3. The van der Waals surface area contributed by atoms with Crippen molar-refractivity contribution >= 4 is 29.0 Å². The minimum atomic E-state index is -1.45. The first-order chi connectivity index (χ1) is 18.5. The molecule has 2 fully saturated rings. The Morgan fingerprint density at radius 1 is 0.921 bits per heavy atom. The summed E-state index contributed by atoms with van der Waals surface area (Å²) in [7, 11) is 0. The SMILES string of the molecule is Cc1ccc2c(c1)[C@]1(C(=O)N2)N2CCC[C@@H]2[C@@H](C(=O)c2ccc3c(c2)OCO3)[C@@]12C(=O)Nc1ccccc12. The number of carbonyl (C=O) groups excluding carboxylic acids is 3. The predicted octanol–water partition coefficient (Wildman–Crippen LogP) is 3.74. The van der Waals surface area contributed by atoms with Gasteiger partial charge < -0.3 is 20.1 Å². The lowest BCUT2D eigenvalue weighted by Crippen LogP contribution is -2.62. The molecule has 2 spiro atoms.